The maximum absolute atomic E-state index is 11.8. The Labute approximate surface area is 110 Å². The molecule has 0 atom stereocenters. The molecule has 4 heteroatoms. The van der Waals surface area contributed by atoms with Crippen LogP contribution in [0.5, 0.6) is 0 Å². The summed E-state index contributed by atoms with van der Waals surface area (Å²) >= 11 is 5.82. The maximum Gasteiger partial charge on any atom is 0.239 e. The summed E-state index contributed by atoms with van der Waals surface area (Å²) in [6, 6.07) is 10.2. The van der Waals surface area contributed by atoms with E-state index in [1.165, 1.54) is 6.20 Å². The van der Waals surface area contributed by atoms with Crippen molar-refractivity contribution < 1.29 is 4.79 Å². The van der Waals surface area contributed by atoms with Crippen LogP contribution in [0, 0.1) is 11.8 Å². The molecule has 0 saturated carbocycles. The van der Waals surface area contributed by atoms with Gasteiger partial charge >= 0.3 is 0 Å². The molecule has 1 heterocycles. The minimum absolute atomic E-state index is 0.183. The zero-order valence-electron chi connectivity index (χ0n) is 9.35. The average molecular weight is 257 g/mol. The van der Waals surface area contributed by atoms with Crippen LogP contribution in [0.4, 0.5) is 5.82 Å². The number of carbonyl (C=O) groups excluding carboxylic acids is 1. The molecule has 18 heavy (non-hydrogen) atoms. The minimum Gasteiger partial charge on any atom is -0.383 e. The number of carbonyl (C=O) groups is 1. The molecule has 0 radical (unpaired) electrons. The highest BCUT2D eigenvalue weighted by Crippen LogP contribution is 2.10. The summed E-state index contributed by atoms with van der Waals surface area (Å²) in [5.74, 6) is 5.08. The summed E-state index contributed by atoms with van der Waals surface area (Å²) in [7, 11) is 0. The normalized spacial score (nSPS) is 9.39. The van der Waals surface area contributed by atoms with Crippen molar-refractivity contribution in [3.05, 3.63) is 58.7 Å². The number of pyridine rings is 1. The first-order chi connectivity index (χ1) is 8.66. The van der Waals surface area contributed by atoms with E-state index < -0.39 is 0 Å². The third kappa shape index (κ3) is 2.88. The van der Waals surface area contributed by atoms with Gasteiger partial charge in [0.15, 0.2) is 0 Å². The van der Waals surface area contributed by atoms with Crippen molar-refractivity contribution >= 4 is 23.2 Å². The summed E-state index contributed by atoms with van der Waals surface area (Å²) in [4.78, 5) is 15.6. The molecule has 88 valence electrons. The van der Waals surface area contributed by atoms with Gasteiger partial charge < -0.3 is 5.73 Å². The summed E-state index contributed by atoms with van der Waals surface area (Å²) < 4.78 is 0. The van der Waals surface area contributed by atoms with E-state index in [0.717, 1.165) is 0 Å². The van der Waals surface area contributed by atoms with Crippen molar-refractivity contribution in [3.63, 3.8) is 0 Å². The summed E-state index contributed by atoms with van der Waals surface area (Å²) in [6.07, 6.45) is 1.52. The molecule has 2 N–H and O–H groups in total. The fraction of sp³-hybridized carbons (Fsp3) is 0. The lowest BCUT2D eigenvalue weighted by Gasteiger charge is -1.97. The number of benzene rings is 1. The van der Waals surface area contributed by atoms with Crippen LogP contribution >= 0.6 is 11.6 Å². The van der Waals surface area contributed by atoms with Gasteiger partial charge in [0.2, 0.25) is 5.78 Å². The molecule has 0 amide bonds. The van der Waals surface area contributed by atoms with E-state index in [4.69, 9.17) is 17.3 Å². The van der Waals surface area contributed by atoms with E-state index in [1.807, 2.05) is 0 Å². The molecule has 1 aromatic heterocycles. The van der Waals surface area contributed by atoms with E-state index in [0.29, 0.717) is 16.1 Å². The molecule has 0 bridgehead atoms. The molecule has 0 fully saturated rings. The lowest BCUT2D eigenvalue weighted by atomic mass is 10.1. The zero-order chi connectivity index (χ0) is 13.0. The maximum atomic E-state index is 11.8. The van der Waals surface area contributed by atoms with Gasteiger partial charge in [-0.2, -0.15) is 0 Å². The number of rotatable bonds is 1. The van der Waals surface area contributed by atoms with Crippen LogP contribution in [0.15, 0.2) is 42.6 Å². The second-order valence-electron chi connectivity index (χ2n) is 3.53. The Balaban J connectivity index is 2.26. The van der Waals surface area contributed by atoms with Gasteiger partial charge in [-0.25, -0.2) is 4.98 Å². The Morgan fingerprint density at radius 1 is 1.28 bits per heavy atom. The quantitative estimate of drug-likeness (QED) is 0.630. The van der Waals surface area contributed by atoms with Gasteiger partial charge in [-0.1, -0.05) is 23.6 Å². The molecular formula is C14H9ClN2O. The van der Waals surface area contributed by atoms with Crippen LogP contribution in [0.1, 0.15) is 15.9 Å². The summed E-state index contributed by atoms with van der Waals surface area (Å²) in [6.45, 7) is 0. The Kier molecular flexibility index (Phi) is 3.61. The third-order valence-corrected chi connectivity index (χ3v) is 2.46. The van der Waals surface area contributed by atoms with Crippen LogP contribution < -0.4 is 5.73 Å². The number of nitrogens with zero attached hydrogens (tertiary/aromatic N) is 1. The van der Waals surface area contributed by atoms with Crippen LogP contribution in [-0.4, -0.2) is 10.8 Å². The van der Waals surface area contributed by atoms with E-state index in [1.54, 1.807) is 36.4 Å². The fourth-order valence-corrected chi connectivity index (χ4v) is 1.56. The molecule has 0 unspecified atom stereocenters. The van der Waals surface area contributed by atoms with Crippen LogP contribution in [0.3, 0.4) is 0 Å². The van der Waals surface area contributed by atoms with Crippen molar-refractivity contribution in [2.75, 3.05) is 5.73 Å². The van der Waals surface area contributed by atoms with Gasteiger partial charge in [0.1, 0.15) is 5.82 Å². The smallest absolute Gasteiger partial charge is 0.239 e. The highest BCUT2D eigenvalue weighted by atomic mass is 35.5. The average Bonchev–Trinajstić information content (AvgIpc) is 2.37. The highest BCUT2D eigenvalue weighted by Gasteiger charge is 2.06. The second-order valence-corrected chi connectivity index (χ2v) is 3.96. The first-order valence-corrected chi connectivity index (χ1v) is 5.57. The van der Waals surface area contributed by atoms with Crippen LogP contribution in [0.2, 0.25) is 5.02 Å². The molecule has 2 rings (SSSR count). The lowest BCUT2D eigenvalue weighted by molar-refractivity contribution is 0.105. The molecule has 1 aromatic carbocycles. The summed E-state index contributed by atoms with van der Waals surface area (Å²) in [5.41, 5.74) is 6.58. The van der Waals surface area contributed by atoms with Gasteiger partial charge in [0.25, 0.3) is 0 Å². The van der Waals surface area contributed by atoms with E-state index in [-0.39, 0.29) is 11.6 Å². The number of hydrogen-bond donors (Lipinski definition) is 1. The molecule has 0 aliphatic rings. The second kappa shape index (κ2) is 5.35. The number of hydrogen-bond acceptors (Lipinski definition) is 3. The SMILES string of the molecule is Nc1ncccc1C(=O)C#Cc1cccc(Cl)c1. The Morgan fingerprint density at radius 2 is 2.11 bits per heavy atom. The number of nitrogens with two attached hydrogens (primary N) is 1. The van der Waals surface area contributed by atoms with Gasteiger partial charge in [0.05, 0.1) is 5.56 Å². The number of anilines is 1. The van der Waals surface area contributed by atoms with Gasteiger partial charge in [-0.15, -0.1) is 0 Å². The predicted octanol–water partition coefficient (Wildman–Crippen LogP) is 2.55. The molecular weight excluding hydrogens is 248 g/mol. The Morgan fingerprint density at radius 3 is 2.83 bits per heavy atom. The van der Waals surface area contributed by atoms with Gasteiger partial charge in [-0.3, -0.25) is 4.79 Å². The lowest BCUT2D eigenvalue weighted by Crippen LogP contribution is -2.02. The molecule has 0 saturated heterocycles. The minimum atomic E-state index is -0.361. The van der Waals surface area contributed by atoms with E-state index >= 15 is 0 Å². The van der Waals surface area contributed by atoms with Crippen LogP contribution in [-0.2, 0) is 0 Å². The first kappa shape index (κ1) is 12.2. The molecule has 0 aliphatic carbocycles. The molecule has 2 aromatic rings. The van der Waals surface area contributed by atoms with Crippen molar-refractivity contribution in [1.82, 2.24) is 4.98 Å². The number of Topliss-reactive ketones (excluding diaryl/α,β-unsaturated/α-hetero) is 1. The van der Waals surface area contributed by atoms with Crippen molar-refractivity contribution in [2.45, 2.75) is 0 Å². The van der Waals surface area contributed by atoms with Gasteiger partial charge in [0, 0.05) is 16.8 Å². The zero-order valence-corrected chi connectivity index (χ0v) is 10.1. The van der Waals surface area contributed by atoms with Crippen molar-refractivity contribution in [1.29, 1.82) is 0 Å². The first-order valence-electron chi connectivity index (χ1n) is 5.19. The standard InChI is InChI=1S/C14H9ClN2O/c15-11-4-1-3-10(9-11)6-7-13(18)12-5-2-8-17-14(12)16/h1-5,8-9H,(H2,16,17). The number of ketones is 1. The summed E-state index contributed by atoms with van der Waals surface area (Å²) in [5, 5.41) is 0.579. The number of aromatic nitrogens is 1. The van der Waals surface area contributed by atoms with Crippen LogP contribution in [0.25, 0.3) is 0 Å². The number of halogens is 1. The van der Waals surface area contributed by atoms with E-state index in [2.05, 4.69) is 16.8 Å². The van der Waals surface area contributed by atoms with Crippen molar-refractivity contribution in [2.24, 2.45) is 0 Å². The predicted molar refractivity (Wildman–Crippen MR) is 71.3 cm³/mol. The Hall–Kier alpha value is -2.31. The Bertz CT molecular complexity index is 656. The topological polar surface area (TPSA) is 56.0 Å². The molecule has 3 nitrogen and oxygen atoms in total. The molecule has 0 aliphatic heterocycles. The highest BCUT2D eigenvalue weighted by molar-refractivity contribution is 6.30. The van der Waals surface area contributed by atoms with E-state index in [9.17, 15) is 4.79 Å². The molecule has 0 spiro atoms. The fourth-order valence-electron chi connectivity index (χ4n) is 1.37. The van der Waals surface area contributed by atoms with Gasteiger partial charge in [-0.05, 0) is 36.3 Å². The third-order valence-electron chi connectivity index (χ3n) is 2.23. The number of nitrogen functional groups attached to an aromatic ring is 1. The van der Waals surface area contributed by atoms with Crippen molar-refractivity contribution in [3.8, 4) is 11.8 Å². The monoisotopic (exact) mass is 256 g/mol. The largest absolute Gasteiger partial charge is 0.383 e.